The third-order valence-corrected chi connectivity index (χ3v) is 3.84. The van der Waals surface area contributed by atoms with Crippen molar-refractivity contribution in [2.75, 3.05) is 7.05 Å². The van der Waals surface area contributed by atoms with Crippen molar-refractivity contribution in [2.24, 2.45) is 0 Å². The number of nitrogens with zero attached hydrogens (tertiary/aromatic N) is 1. The third kappa shape index (κ3) is 13.6. The lowest BCUT2D eigenvalue weighted by atomic mass is 10.1. The molecule has 1 aromatic carbocycles. The molecule has 0 radical (unpaired) electrons. The highest BCUT2D eigenvalue weighted by Gasteiger charge is 2.04. The molecule has 0 aliphatic rings. The van der Waals surface area contributed by atoms with Gasteiger partial charge in [0.25, 0.3) is 0 Å². The van der Waals surface area contributed by atoms with E-state index in [1.165, 1.54) is 24.0 Å². The van der Waals surface area contributed by atoms with Crippen molar-refractivity contribution in [3.63, 3.8) is 0 Å². The zero-order chi connectivity index (χ0) is 23.2. The lowest BCUT2D eigenvalue weighted by Gasteiger charge is -2.03. The lowest BCUT2D eigenvalue weighted by Crippen LogP contribution is -2.19. The molecule has 0 saturated carbocycles. The summed E-state index contributed by atoms with van der Waals surface area (Å²) in [5, 5.41) is 2.62. The number of carbonyl (C=O) groups excluding carboxylic acids is 1. The Balaban J connectivity index is 0. The van der Waals surface area contributed by atoms with Gasteiger partial charge >= 0.3 is 0 Å². The molecular formula is C27H34N2O. The summed E-state index contributed by atoms with van der Waals surface area (Å²) in [4.78, 5) is 15.4. The van der Waals surface area contributed by atoms with Crippen LogP contribution in [0.15, 0.2) is 73.1 Å². The van der Waals surface area contributed by atoms with Crippen LogP contribution in [0, 0.1) is 32.6 Å². The van der Waals surface area contributed by atoms with E-state index in [1.54, 1.807) is 25.5 Å². The van der Waals surface area contributed by atoms with Crippen LogP contribution in [0.2, 0.25) is 0 Å². The van der Waals surface area contributed by atoms with Crippen molar-refractivity contribution in [2.45, 2.75) is 39.5 Å². The maximum absolute atomic E-state index is 11.5. The van der Waals surface area contributed by atoms with Gasteiger partial charge in [-0.05, 0) is 49.4 Å². The Morgan fingerprint density at radius 1 is 1.10 bits per heavy atom. The molecule has 1 aromatic heterocycles. The SMILES string of the molecule is C#C.C#C.C=CC/C(=C/Cc1ccncc1)C(=O)NC.CCCc1cccc(C)c1. The summed E-state index contributed by atoms with van der Waals surface area (Å²) in [6.45, 7) is 7.99. The largest absolute Gasteiger partial charge is 0.355 e. The van der Waals surface area contributed by atoms with E-state index in [0.29, 0.717) is 6.42 Å². The predicted molar refractivity (Wildman–Crippen MR) is 130 cm³/mol. The van der Waals surface area contributed by atoms with E-state index < -0.39 is 0 Å². The topological polar surface area (TPSA) is 42.0 Å². The second-order valence-electron chi connectivity index (χ2n) is 6.10. The highest BCUT2D eigenvalue weighted by molar-refractivity contribution is 5.93. The van der Waals surface area contributed by atoms with E-state index in [9.17, 15) is 4.79 Å². The van der Waals surface area contributed by atoms with E-state index >= 15 is 0 Å². The number of pyridine rings is 1. The standard InChI is InChI=1S/C13H16N2O.C10H14.2C2H2/c1-3-4-12(13(16)14-2)6-5-11-7-9-15-10-8-11;1-3-5-10-7-4-6-9(2)8-10;2*1-2/h3,6-10H,1,4-5H2,2H3,(H,14,16);4,6-8H,3,5H2,1-2H3;2*1-2H/b12-6-;;;. The molecule has 2 rings (SSSR count). The Morgan fingerprint density at radius 3 is 2.23 bits per heavy atom. The van der Waals surface area contributed by atoms with Gasteiger partial charge in [0.2, 0.25) is 5.91 Å². The van der Waals surface area contributed by atoms with Gasteiger partial charge in [0, 0.05) is 25.0 Å². The van der Waals surface area contributed by atoms with Crippen LogP contribution < -0.4 is 5.32 Å². The molecule has 0 bridgehead atoms. The molecule has 2 aromatic rings. The maximum atomic E-state index is 11.5. The second kappa shape index (κ2) is 20.2. The molecule has 0 unspecified atom stereocenters. The van der Waals surface area contributed by atoms with Gasteiger partial charge in [-0.1, -0.05) is 55.3 Å². The molecule has 3 heteroatoms. The predicted octanol–water partition coefficient (Wildman–Crippen LogP) is 5.32. The third-order valence-electron chi connectivity index (χ3n) is 3.84. The molecule has 1 amide bonds. The van der Waals surface area contributed by atoms with E-state index in [0.717, 1.165) is 17.6 Å². The summed E-state index contributed by atoms with van der Waals surface area (Å²) < 4.78 is 0. The number of carbonyl (C=O) groups is 1. The van der Waals surface area contributed by atoms with Gasteiger partial charge in [-0.2, -0.15) is 0 Å². The molecule has 1 heterocycles. The van der Waals surface area contributed by atoms with Gasteiger partial charge < -0.3 is 5.32 Å². The first-order valence-corrected chi connectivity index (χ1v) is 9.73. The fourth-order valence-corrected chi connectivity index (χ4v) is 2.50. The summed E-state index contributed by atoms with van der Waals surface area (Å²) in [6.07, 6.45) is 26.9. The number of aromatic nitrogens is 1. The molecule has 0 aliphatic carbocycles. The molecule has 158 valence electrons. The zero-order valence-corrected chi connectivity index (χ0v) is 18.5. The average molecular weight is 403 g/mol. The van der Waals surface area contributed by atoms with Gasteiger partial charge in [0.05, 0.1) is 0 Å². The number of terminal acetylenes is 2. The second-order valence-corrected chi connectivity index (χ2v) is 6.10. The number of hydrogen-bond acceptors (Lipinski definition) is 2. The minimum atomic E-state index is -0.0473. The van der Waals surface area contributed by atoms with Gasteiger partial charge in [0.15, 0.2) is 0 Å². The van der Waals surface area contributed by atoms with Crippen LogP contribution in [0.4, 0.5) is 0 Å². The number of likely N-dealkylation sites (N-methyl/N-ethyl adjacent to an activating group) is 1. The first-order chi connectivity index (χ1) is 14.6. The highest BCUT2D eigenvalue weighted by Crippen LogP contribution is 2.07. The number of rotatable bonds is 7. The summed E-state index contributed by atoms with van der Waals surface area (Å²) in [7, 11) is 1.63. The van der Waals surface area contributed by atoms with Gasteiger partial charge in [-0.3, -0.25) is 9.78 Å². The first-order valence-electron chi connectivity index (χ1n) is 9.73. The van der Waals surface area contributed by atoms with Gasteiger partial charge in [-0.25, -0.2) is 0 Å². The van der Waals surface area contributed by atoms with Crippen LogP contribution in [-0.4, -0.2) is 17.9 Å². The first kappa shape index (κ1) is 28.6. The normalized spacial score (nSPS) is 9.23. The Hall–Kier alpha value is -3.56. The summed E-state index contributed by atoms with van der Waals surface area (Å²) in [6, 6.07) is 12.6. The van der Waals surface area contributed by atoms with Crippen molar-refractivity contribution in [3.05, 3.63) is 89.8 Å². The van der Waals surface area contributed by atoms with Crippen LogP contribution >= 0.6 is 0 Å². The number of hydrogen-bond donors (Lipinski definition) is 1. The van der Waals surface area contributed by atoms with Crippen molar-refractivity contribution in [3.8, 4) is 25.7 Å². The van der Waals surface area contributed by atoms with Crippen LogP contribution in [0.3, 0.4) is 0 Å². The zero-order valence-electron chi connectivity index (χ0n) is 18.5. The number of aryl methyl sites for hydroxylation is 2. The number of amides is 1. The minimum absolute atomic E-state index is 0.0473. The van der Waals surface area contributed by atoms with Crippen LogP contribution in [0.25, 0.3) is 0 Å². The molecule has 0 saturated heterocycles. The van der Waals surface area contributed by atoms with E-state index in [4.69, 9.17) is 0 Å². The average Bonchev–Trinajstić information content (AvgIpc) is 2.80. The number of allylic oxidation sites excluding steroid dienone is 2. The van der Waals surface area contributed by atoms with Crippen molar-refractivity contribution >= 4 is 5.91 Å². The number of benzene rings is 1. The van der Waals surface area contributed by atoms with Crippen LogP contribution in [0.1, 0.15) is 36.5 Å². The molecule has 0 fully saturated rings. The molecule has 30 heavy (non-hydrogen) atoms. The Labute approximate surface area is 183 Å². The van der Waals surface area contributed by atoms with Gasteiger partial charge in [0.1, 0.15) is 0 Å². The van der Waals surface area contributed by atoms with E-state index in [-0.39, 0.29) is 5.91 Å². The fourth-order valence-electron chi connectivity index (χ4n) is 2.50. The Bertz CT molecular complexity index is 780. The minimum Gasteiger partial charge on any atom is -0.355 e. The van der Waals surface area contributed by atoms with E-state index in [1.807, 2.05) is 18.2 Å². The van der Waals surface area contributed by atoms with Crippen molar-refractivity contribution in [1.82, 2.24) is 10.3 Å². The Morgan fingerprint density at radius 2 is 1.73 bits per heavy atom. The monoisotopic (exact) mass is 402 g/mol. The van der Waals surface area contributed by atoms with E-state index in [2.05, 4.69) is 80.7 Å². The summed E-state index contributed by atoms with van der Waals surface area (Å²) >= 11 is 0. The molecule has 0 spiro atoms. The molecule has 1 N–H and O–H groups in total. The molecule has 0 atom stereocenters. The summed E-state index contributed by atoms with van der Waals surface area (Å²) in [5.74, 6) is -0.0473. The smallest absolute Gasteiger partial charge is 0.246 e. The van der Waals surface area contributed by atoms with Crippen molar-refractivity contribution < 1.29 is 4.79 Å². The maximum Gasteiger partial charge on any atom is 0.246 e. The number of nitrogens with one attached hydrogen (secondary N) is 1. The lowest BCUT2D eigenvalue weighted by molar-refractivity contribution is -0.117. The Kier molecular flexibility index (Phi) is 19.3. The molecular weight excluding hydrogens is 368 g/mol. The quantitative estimate of drug-likeness (QED) is 0.387. The highest BCUT2D eigenvalue weighted by atomic mass is 16.1. The van der Waals surface area contributed by atoms with Gasteiger partial charge in [-0.15, -0.1) is 32.3 Å². The molecule has 3 nitrogen and oxygen atoms in total. The van der Waals surface area contributed by atoms with Crippen molar-refractivity contribution in [1.29, 1.82) is 0 Å². The summed E-state index contributed by atoms with van der Waals surface area (Å²) in [5.41, 5.74) is 4.71. The van der Waals surface area contributed by atoms with Crippen LogP contribution in [-0.2, 0) is 17.6 Å². The molecule has 0 aliphatic heterocycles. The fraction of sp³-hybridized carbons (Fsp3) is 0.259. The van der Waals surface area contributed by atoms with Crippen LogP contribution in [0.5, 0.6) is 0 Å².